The molecule has 1 N–H and O–H groups in total. The van der Waals surface area contributed by atoms with Gasteiger partial charge in [0.25, 0.3) is 0 Å². The van der Waals surface area contributed by atoms with Crippen LogP contribution in [0.15, 0.2) is 54.6 Å². The van der Waals surface area contributed by atoms with Crippen molar-refractivity contribution in [2.24, 2.45) is 0 Å². The van der Waals surface area contributed by atoms with Crippen molar-refractivity contribution in [3.05, 3.63) is 71.3 Å². The largest absolute Gasteiger partial charge is 0.480 e. The van der Waals surface area contributed by atoms with Crippen LogP contribution in [0.3, 0.4) is 0 Å². The number of carbonyl (C=O) groups is 2. The van der Waals surface area contributed by atoms with E-state index in [0.29, 0.717) is 6.42 Å². The minimum Gasteiger partial charge on any atom is -0.480 e. The van der Waals surface area contributed by atoms with Crippen LogP contribution in [0.1, 0.15) is 62.1 Å². The minimum absolute atomic E-state index is 0.390. The minimum atomic E-state index is -0.893. The molecule has 0 radical (unpaired) electrons. The van der Waals surface area contributed by atoms with E-state index in [1.165, 1.54) is 50.3 Å². The third-order valence-corrected chi connectivity index (χ3v) is 7.00. The highest BCUT2D eigenvalue weighted by Crippen LogP contribution is 2.25. The summed E-state index contributed by atoms with van der Waals surface area (Å²) in [7, 11) is 1.33. The van der Waals surface area contributed by atoms with E-state index in [2.05, 4.69) is 36.4 Å². The molecule has 0 heterocycles. The number of methoxy groups -OCH3 is 1. The van der Waals surface area contributed by atoms with Crippen LogP contribution >= 0.6 is 11.8 Å². The monoisotopic (exact) mass is 456 g/mol. The number of aliphatic carboxylic acids is 1. The number of carboxylic acid groups (broad SMARTS) is 1. The van der Waals surface area contributed by atoms with Crippen molar-refractivity contribution in [2.75, 3.05) is 7.11 Å². The molecule has 0 aliphatic carbocycles. The van der Waals surface area contributed by atoms with Gasteiger partial charge in [-0.2, -0.15) is 0 Å². The molecule has 2 aromatic rings. The average Bonchev–Trinajstić information content (AvgIpc) is 2.81. The zero-order valence-corrected chi connectivity index (χ0v) is 20.1. The molecular weight excluding hydrogens is 420 g/mol. The lowest BCUT2D eigenvalue weighted by molar-refractivity contribution is -0.139. The topological polar surface area (TPSA) is 63.6 Å². The van der Waals surface area contributed by atoms with Gasteiger partial charge in [0.15, 0.2) is 0 Å². The van der Waals surface area contributed by atoms with Crippen molar-refractivity contribution in [1.29, 1.82) is 0 Å². The van der Waals surface area contributed by atoms with E-state index in [-0.39, 0.29) is 0 Å². The first-order valence-electron chi connectivity index (χ1n) is 11.6. The maximum absolute atomic E-state index is 11.8. The summed E-state index contributed by atoms with van der Waals surface area (Å²) in [5.41, 5.74) is 3.70. The molecule has 32 heavy (non-hydrogen) atoms. The predicted octanol–water partition coefficient (Wildman–Crippen LogP) is 6.10. The Kier molecular flexibility index (Phi) is 12.0. The first kappa shape index (κ1) is 26.0. The van der Waals surface area contributed by atoms with E-state index in [0.717, 1.165) is 36.6 Å². The third-order valence-electron chi connectivity index (χ3n) is 5.71. The fraction of sp³-hybridized carbons (Fsp3) is 0.481. The SMILES string of the molecule is COC(=O)C(C)SC(Cc1ccccc1CCCCCCCCc1ccccc1)C(=O)O. The first-order chi connectivity index (χ1) is 15.5. The number of ether oxygens (including phenoxy) is 1. The molecule has 2 aromatic carbocycles. The second-order valence-corrected chi connectivity index (χ2v) is 9.76. The summed E-state index contributed by atoms with van der Waals surface area (Å²) in [6.45, 7) is 1.69. The highest BCUT2D eigenvalue weighted by atomic mass is 32.2. The molecule has 2 rings (SSSR count). The van der Waals surface area contributed by atoms with E-state index >= 15 is 0 Å². The second kappa shape index (κ2) is 14.7. The molecule has 2 atom stereocenters. The van der Waals surface area contributed by atoms with Crippen molar-refractivity contribution in [3.63, 3.8) is 0 Å². The quantitative estimate of drug-likeness (QED) is 0.259. The Labute approximate surface area is 196 Å². The Hall–Kier alpha value is -2.27. The van der Waals surface area contributed by atoms with E-state index in [1.54, 1.807) is 6.92 Å². The normalized spacial score (nSPS) is 12.8. The van der Waals surface area contributed by atoms with Gasteiger partial charge in [-0.25, -0.2) is 0 Å². The van der Waals surface area contributed by atoms with Gasteiger partial charge in [0.1, 0.15) is 10.5 Å². The Morgan fingerprint density at radius 3 is 2.03 bits per heavy atom. The Morgan fingerprint density at radius 1 is 0.844 bits per heavy atom. The van der Waals surface area contributed by atoms with E-state index in [4.69, 9.17) is 4.74 Å². The zero-order valence-electron chi connectivity index (χ0n) is 19.3. The fourth-order valence-electron chi connectivity index (χ4n) is 3.86. The molecule has 0 saturated carbocycles. The summed E-state index contributed by atoms with van der Waals surface area (Å²) >= 11 is 1.15. The van der Waals surface area contributed by atoms with Crippen LogP contribution < -0.4 is 0 Å². The first-order valence-corrected chi connectivity index (χ1v) is 12.5. The molecule has 0 fully saturated rings. The second-order valence-electron chi connectivity index (χ2n) is 8.21. The molecule has 0 saturated heterocycles. The fourth-order valence-corrected chi connectivity index (χ4v) is 4.95. The Balaban J connectivity index is 1.73. The van der Waals surface area contributed by atoms with Crippen LogP contribution in [-0.2, 0) is 33.6 Å². The third kappa shape index (κ3) is 9.47. The molecule has 2 unspecified atom stereocenters. The number of hydrogen-bond donors (Lipinski definition) is 1. The Bertz CT molecular complexity index is 821. The van der Waals surface area contributed by atoms with Gasteiger partial charge in [-0.15, -0.1) is 11.8 Å². The van der Waals surface area contributed by atoms with Gasteiger partial charge in [-0.1, -0.05) is 80.3 Å². The van der Waals surface area contributed by atoms with Crippen molar-refractivity contribution in [1.82, 2.24) is 0 Å². The van der Waals surface area contributed by atoms with Crippen LogP contribution in [0, 0.1) is 0 Å². The molecule has 0 aromatic heterocycles. The molecule has 4 nitrogen and oxygen atoms in total. The zero-order chi connectivity index (χ0) is 23.2. The van der Waals surface area contributed by atoms with Crippen LogP contribution in [0.2, 0.25) is 0 Å². The number of hydrogen-bond acceptors (Lipinski definition) is 4. The summed E-state index contributed by atoms with van der Waals surface area (Å²) in [6, 6.07) is 18.7. The van der Waals surface area contributed by atoms with Gasteiger partial charge in [0.05, 0.1) is 7.11 Å². The molecule has 0 bridgehead atoms. The molecule has 0 amide bonds. The number of carboxylic acids is 1. The predicted molar refractivity (Wildman–Crippen MR) is 132 cm³/mol. The summed E-state index contributed by atoms with van der Waals surface area (Å²) in [5.74, 6) is -1.28. The van der Waals surface area contributed by atoms with Crippen molar-refractivity contribution >= 4 is 23.7 Å². The number of unbranched alkanes of at least 4 members (excludes halogenated alkanes) is 5. The smallest absolute Gasteiger partial charge is 0.318 e. The number of aryl methyl sites for hydroxylation is 2. The highest BCUT2D eigenvalue weighted by Gasteiger charge is 2.26. The lowest BCUT2D eigenvalue weighted by atomic mass is 9.97. The van der Waals surface area contributed by atoms with Crippen molar-refractivity contribution < 1.29 is 19.4 Å². The average molecular weight is 457 g/mol. The van der Waals surface area contributed by atoms with E-state index in [1.807, 2.05) is 18.2 Å². The standard InChI is InChI=1S/C27H36O4S/c1-21(27(30)31-2)32-25(26(28)29)20-24-19-13-12-18-23(24)17-11-6-4-3-5-8-14-22-15-9-7-10-16-22/h7,9-10,12-13,15-16,18-19,21,25H,3-6,8,11,14,17,20H2,1-2H3,(H,28,29). The molecule has 0 aliphatic heterocycles. The van der Waals surface area contributed by atoms with Gasteiger partial charge >= 0.3 is 11.9 Å². The maximum atomic E-state index is 11.8. The number of benzene rings is 2. The summed E-state index contributed by atoms with van der Waals surface area (Å²) < 4.78 is 4.74. The lowest BCUT2D eigenvalue weighted by Crippen LogP contribution is -2.26. The summed E-state index contributed by atoms with van der Waals surface area (Å²) in [4.78, 5) is 23.5. The number of esters is 1. The number of thioether (sulfide) groups is 1. The van der Waals surface area contributed by atoms with Crippen LogP contribution in [0.5, 0.6) is 0 Å². The summed E-state index contributed by atoms with van der Waals surface area (Å²) in [6.07, 6.45) is 9.84. The van der Waals surface area contributed by atoms with Gasteiger partial charge in [0, 0.05) is 0 Å². The van der Waals surface area contributed by atoms with Crippen molar-refractivity contribution in [3.8, 4) is 0 Å². The van der Waals surface area contributed by atoms with Gasteiger partial charge < -0.3 is 9.84 Å². The van der Waals surface area contributed by atoms with Gasteiger partial charge in [-0.05, 0) is 55.7 Å². The van der Waals surface area contributed by atoms with Crippen molar-refractivity contribution in [2.45, 2.75) is 75.2 Å². The summed E-state index contributed by atoms with van der Waals surface area (Å²) in [5, 5.41) is 8.47. The van der Waals surface area contributed by atoms with Gasteiger partial charge in [-0.3, -0.25) is 9.59 Å². The van der Waals surface area contributed by atoms with E-state index < -0.39 is 22.4 Å². The van der Waals surface area contributed by atoms with Crippen LogP contribution in [0.4, 0.5) is 0 Å². The van der Waals surface area contributed by atoms with Gasteiger partial charge in [0.2, 0.25) is 0 Å². The van der Waals surface area contributed by atoms with Crippen LogP contribution in [-0.4, -0.2) is 34.7 Å². The number of carbonyl (C=O) groups excluding carboxylic acids is 1. The Morgan fingerprint density at radius 2 is 1.41 bits per heavy atom. The molecule has 5 heteroatoms. The molecule has 0 spiro atoms. The maximum Gasteiger partial charge on any atom is 0.318 e. The molecule has 0 aliphatic rings. The highest BCUT2D eigenvalue weighted by molar-refractivity contribution is 8.01. The molecule has 174 valence electrons. The van der Waals surface area contributed by atoms with Crippen LogP contribution in [0.25, 0.3) is 0 Å². The number of rotatable bonds is 15. The van der Waals surface area contributed by atoms with E-state index in [9.17, 15) is 14.7 Å². The molecular formula is C27H36O4S. The lowest BCUT2D eigenvalue weighted by Gasteiger charge is -2.18.